The third-order valence-electron chi connectivity index (χ3n) is 2.17. The van der Waals surface area contributed by atoms with Gasteiger partial charge < -0.3 is 16.4 Å². The molecule has 6 nitrogen and oxygen atoms in total. The largest absolute Gasteiger partial charge is 0.368 e. The maximum absolute atomic E-state index is 5.55. The second-order valence-electron chi connectivity index (χ2n) is 3.36. The highest BCUT2D eigenvalue weighted by molar-refractivity contribution is 5.41. The van der Waals surface area contributed by atoms with E-state index in [9.17, 15) is 0 Å². The fourth-order valence-corrected chi connectivity index (χ4v) is 1.40. The van der Waals surface area contributed by atoms with E-state index in [1.165, 1.54) is 5.57 Å². The van der Waals surface area contributed by atoms with E-state index in [1.54, 1.807) is 7.05 Å². The first-order valence-corrected chi connectivity index (χ1v) is 5.06. The standard InChI is InChI=1S/C10H14N6/c1-12-9-14-8(11)15-10(16-9)13-6-7-4-2-3-5-7/h2,4-5H,3,6H2,1H3,(H4,11,12,13,14,15,16). The van der Waals surface area contributed by atoms with E-state index in [2.05, 4.69) is 43.8 Å². The summed E-state index contributed by atoms with van der Waals surface area (Å²) in [6, 6.07) is 0. The number of allylic oxidation sites excluding steroid dienone is 2. The van der Waals surface area contributed by atoms with Crippen LogP contribution in [0.3, 0.4) is 0 Å². The van der Waals surface area contributed by atoms with Crippen molar-refractivity contribution < 1.29 is 0 Å². The van der Waals surface area contributed by atoms with Crippen molar-refractivity contribution in [2.24, 2.45) is 0 Å². The van der Waals surface area contributed by atoms with E-state index >= 15 is 0 Å². The maximum Gasteiger partial charge on any atom is 0.229 e. The van der Waals surface area contributed by atoms with Crippen molar-refractivity contribution in [3.8, 4) is 0 Å². The Labute approximate surface area is 93.7 Å². The molecule has 0 aromatic carbocycles. The van der Waals surface area contributed by atoms with Crippen molar-refractivity contribution in [1.82, 2.24) is 15.0 Å². The van der Waals surface area contributed by atoms with Gasteiger partial charge in [-0.3, -0.25) is 0 Å². The lowest BCUT2D eigenvalue weighted by Gasteiger charge is -2.06. The summed E-state index contributed by atoms with van der Waals surface area (Å²) in [7, 11) is 1.74. The third kappa shape index (κ3) is 2.47. The molecule has 0 radical (unpaired) electrons. The van der Waals surface area contributed by atoms with E-state index in [0.717, 1.165) is 6.42 Å². The van der Waals surface area contributed by atoms with E-state index in [4.69, 9.17) is 5.73 Å². The maximum atomic E-state index is 5.55. The number of nitrogen functional groups attached to an aromatic ring is 1. The fraction of sp³-hybridized carbons (Fsp3) is 0.300. The third-order valence-corrected chi connectivity index (χ3v) is 2.17. The molecule has 0 amide bonds. The molecule has 0 saturated carbocycles. The van der Waals surface area contributed by atoms with Crippen LogP contribution in [0.15, 0.2) is 23.8 Å². The quantitative estimate of drug-likeness (QED) is 0.692. The number of hydrogen-bond donors (Lipinski definition) is 3. The van der Waals surface area contributed by atoms with Crippen LogP contribution in [0.25, 0.3) is 0 Å². The summed E-state index contributed by atoms with van der Waals surface area (Å²) >= 11 is 0. The van der Waals surface area contributed by atoms with Crippen LogP contribution in [-0.4, -0.2) is 28.5 Å². The van der Waals surface area contributed by atoms with Crippen molar-refractivity contribution >= 4 is 17.8 Å². The van der Waals surface area contributed by atoms with Gasteiger partial charge in [-0.05, 0) is 12.0 Å². The number of hydrogen-bond acceptors (Lipinski definition) is 6. The molecule has 84 valence electrons. The molecule has 0 bridgehead atoms. The highest BCUT2D eigenvalue weighted by atomic mass is 15.2. The predicted molar refractivity (Wildman–Crippen MR) is 64.1 cm³/mol. The number of nitrogens with one attached hydrogen (secondary N) is 2. The molecular weight excluding hydrogens is 204 g/mol. The zero-order valence-corrected chi connectivity index (χ0v) is 9.07. The van der Waals surface area contributed by atoms with Gasteiger partial charge in [-0.2, -0.15) is 15.0 Å². The van der Waals surface area contributed by atoms with E-state index < -0.39 is 0 Å². The van der Waals surface area contributed by atoms with Gasteiger partial charge in [-0.25, -0.2) is 0 Å². The number of rotatable bonds is 4. The van der Waals surface area contributed by atoms with Gasteiger partial charge in [0, 0.05) is 13.6 Å². The zero-order valence-electron chi connectivity index (χ0n) is 9.07. The number of nitrogens with two attached hydrogens (primary N) is 1. The smallest absolute Gasteiger partial charge is 0.229 e. The van der Waals surface area contributed by atoms with Crippen molar-refractivity contribution in [3.63, 3.8) is 0 Å². The molecule has 0 atom stereocenters. The molecular formula is C10H14N6. The van der Waals surface area contributed by atoms with Gasteiger partial charge >= 0.3 is 0 Å². The van der Waals surface area contributed by atoms with Gasteiger partial charge in [-0.15, -0.1) is 0 Å². The Morgan fingerprint density at radius 1 is 1.31 bits per heavy atom. The van der Waals surface area contributed by atoms with Crippen LogP contribution in [0.2, 0.25) is 0 Å². The molecule has 16 heavy (non-hydrogen) atoms. The average molecular weight is 218 g/mol. The topological polar surface area (TPSA) is 88.8 Å². The van der Waals surface area contributed by atoms with Crippen LogP contribution in [-0.2, 0) is 0 Å². The van der Waals surface area contributed by atoms with Crippen LogP contribution >= 0.6 is 0 Å². The number of anilines is 3. The van der Waals surface area contributed by atoms with Crippen LogP contribution in [0.5, 0.6) is 0 Å². The minimum atomic E-state index is 0.206. The lowest BCUT2D eigenvalue weighted by Crippen LogP contribution is -2.10. The second kappa shape index (κ2) is 4.61. The fourth-order valence-electron chi connectivity index (χ4n) is 1.40. The van der Waals surface area contributed by atoms with E-state index in [1.807, 2.05) is 0 Å². The first-order valence-electron chi connectivity index (χ1n) is 5.06. The van der Waals surface area contributed by atoms with Crippen LogP contribution in [0, 0.1) is 0 Å². The monoisotopic (exact) mass is 218 g/mol. The summed E-state index contributed by atoms with van der Waals surface area (Å²) in [5, 5.41) is 5.93. The minimum absolute atomic E-state index is 0.206. The highest BCUT2D eigenvalue weighted by Gasteiger charge is 2.03. The molecule has 0 spiro atoms. The van der Waals surface area contributed by atoms with Gasteiger partial charge in [0.15, 0.2) is 0 Å². The van der Waals surface area contributed by atoms with Gasteiger partial charge in [0.1, 0.15) is 0 Å². The molecule has 0 saturated heterocycles. The predicted octanol–water partition coefficient (Wildman–Crippen LogP) is 0.794. The Bertz CT molecular complexity index is 437. The normalized spacial score (nSPS) is 13.7. The van der Waals surface area contributed by atoms with E-state index in [0.29, 0.717) is 18.4 Å². The Kier molecular flexibility index (Phi) is 3.00. The lowest BCUT2D eigenvalue weighted by molar-refractivity contribution is 1.04. The van der Waals surface area contributed by atoms with Crippen LogP contribution in [0.4, 0.5) is 17.8 Å². The minimum Gasteiger partial charge on any atom is -0.368 e. The van der Waals surface area contributed by atoms with Crippen molar-refractivity contribution in [2.75, 3.05) is 30.0 Å². The molecule has 0 unspecified atom stereocenters. The molecule has 0 aliphatic heterocycles. The van der Waals surface area contributed by atoms with Crippen molar-refractivity contribution in [1.29, 1.82) is 0 Å². The average Bonchev–Trinajstić information content (AvgIpc) is 2.78. The van der Waals surface area contributed by atoms with E-state index in [-0.39, 0.29) is 5.95 Å². The molecule has 1 aromatic heterocycles. The van der Waals surface area contributed by atoms with Crippen molar-refractivity contribution in [2.45, 2.75) is 6.42 Å². The first-order chi connectivity index (χ1) is 7.78. The second-order valence-corrected chi connectivity index (χ2v) is 3.36. The molecule has 1 aromatic rings. The van der Waals surface area contributed by atoms with Crippen LogP contribution < -0.4 is 16.4 Å². The highest BCUT2D eigenvalue weighted by Crippen LogP contribution is 2.10. The summed E-state index contributed by atoms with van der Waals surface area (Å²) in [5.74, 6) is 1.15. The zero-order chi connectivity index (χ0) is 11.4. The van der Waals surface area contributed by atoms with Gasteiger partial charge in [-0.1, -0.05) is 18.2 Å². The Morgan fingerprint density at radius 3 is 2.81 bits per heavy atom. The molecule has 1 aliphatic rings. The van der Waals surface area contributed by atoms with Crippen LogP contribution in [0.1, 0.15) is 6.42 Å². The number of aromatic nitrogens is 3. The molecule has 0 fully saturated rings. The Morgan fingerprint density at radius 2 is 2.12 bits per heavy atom. The lowest BCUT2D eigenvalue weighted by atomic mass is 10.3. The molecule has 6 heteroatoms. The molecule has 1 heterocycles. The number of nitrogens with zero attached hydrogens (tertiary/aromatic N) is 3. The first kappa shape index (κ1) is 10.4. The summed E-state index contributed by atoms with van der Waals surface area (Å²) < 4.78 is 0. The SMILES string of the molecule is CNc1nc(N)nc(NCC2=CCC=C2)n1. The Balaban J connectivity index is 2.03. The van der Waals surface area contributed by atoms with Gasteiger partial charge in [0.25, 0.3) is 0 Å². The molecule has 4 N–H and O–H groups in total. The van der Waals surface area contributed by atoms with Gasteiger partial charge in [0.2, 0.25) is 17.8 Å². The molecule has 2 rings (SSSR count). The summed E-state index contributed by atoms with van der Waals surface area (Å²) in [6.07, 6.45) is 7.34. The van der Waals surface area contributed by atoms with Gasteiger partial charge in [0.05, 0.1) is 0 Å². The molecule has 1 aliphatic carbocycles. The van der Waals surface area contributed by atoms with Crippen molar-refractivity contribution in [3.05, 3.63) is 23.8 Å². The summed E-state index contributed by atoms with van der Waals surface area (Å²) in [6.45, 7) is 0.698. The summed E-state index contributed by atoms with van der Waals surface area (Å²) in [5.41, 5.74) is 6.77. The summed E-state index contributed by atoms with van der Waals surface area (Å²) in [4.78, 5) is 12.0. The Hall–Kier alpha value is -2.11.